The fraction of sp³-hybridized carbons (Fsp3) is 0.267. The maximum atomic E-state index is 15.5. The zero-order chi connectivity index (χ0) is 16.6. The number of para-hydroxylation sites is 1. The Kier molecular flexibility index (Phi) is 4.05. The monoisotopic (exact) mass is 337 g/mol. The molecule has 8 heteroatoms. The van der Waals surface area contributed by atoms with Crippen LogP contribution in [0.4, 0.5) is 9.18 Å². The van der Waals surface area contributed by atoms with Crippen molar-refractivity contribution in [3.05, 3.63) is 47.1 Å². The number of nitrogens with zero attached hydrogens (tertiary/aromatic N) is 2. The van der Waals surface area contributed by atoms with E-state index >= 15 is 4.39 Å². The molecule has 6 nitrogen and oxygen atoms in total. The van der Waals surface area contributed by atoms with E-state index in [2.05, 4.69) is 5.43 Å². The van der Waals surface area contributed by atoms with Gasteiger partial charge < -0.3 is 4.74 Å². The number of benzene rings is 1. The Hall–Kier alpha value is -2.03. The lowest BCUT2D eigenvalue weighted by atomic mass is 10.0. The molecule has 2 N–H and O–H groups in total. The highest BCUT2D eigenvalue weighted by atomic mass is 32.2. The minimum atomic E-state index is -2.39. The van der Waals surface area contributed by atoms with Crippen LogP contribution in [0.2, 0.25) is 0 Å². The zero-order valence-electron chi connectivity index (χ0n) is 12.6. The molecule has 1 aromatic rings. The molecule has 1 heterocycles. The Bertz CT molecular complexity index is 707. The molecule has 122 valence electrons. The zero-order valence-corrected chi connectivity index (χ0v) is 13.4. The number of fused-ring (bicyclic) bond motifs is 1. The Labute approximate surface area is 137 Å². The van der Waals surface area contributed by atoms with Gasteiger partial charge in [0.15, 0.2) is 0 Å². The fourth-order valence-corrected chi connectivity index (χ4v) is 3.43. The molecule has 0 radical (unpaired) electrons. The number of allylic oxidation sites excluding steroid dienone is 1. The Morgan fingerprint density at radius 2 is 2.17 bits per heavy atom. The largest absolute Gasteiger partial charge is 0.455 e. The number of alkyl halides is 1. The molecule has 1 unspecified atom stereocenters. The van der Waals surface area contributed by atoms with Gasteiger partial charge in [0, 0.05) is 20.5 Å². The minimum absolute atomic E-state index is 0.0795. The number of hydrazine groups is 1. The lowest BCUT2D eigenvalue weighted by molar-refractivity contribution is -0.165. The quantitative estimate of drug-likeness (QED) is 0.493. The third-order valence-electron chi connectivity index (χ3n) is 3.36. The van der Waals surface area contributed by atoms with Crippen molar-refractivity contribution in [2.45, 2.75) is 17.1 Å². The van der Waals surface area contributed by atoms with Crippen molar-refractivity contribution in [3.8, 4) is 5.75 Å². The number of urea groups is 1. The number of hydroxylamine groups is 2. The molecular formula is C15H16FN3O3S. The van der Waals surface area contributed by atoms with Crippen LogP contribution in [0.15, 0.2) is 52.0 Å². The van der Waals surface area contributed by atoms with E-state index in [1.165, 1.54) is 11.1 Å². The highest BCUT2D eigenvalue weighted by Crippen LogP contribution is 2.50. The van der Waals surface area contributed by atoms with Gasteiger partial charge in [-0.1, -0.05) is 30.0 Å². The van der Waals surface area contributed by atoms with Crippen molar-refractivity contribution in [1.29, 1.82) is 0 Å². The second-order valence-corrected chi connectivity index (χ2v) is 6.39. The van der Waals surface area contributed by atoms with Crippen molar-refractivity contribution in [1.82, 2.24) is 15.5 Å². The van der Waals surface area contributed by atoms with E-state index in [4.69, 9.17) is 4.74 Å². The smallest absolute Gasteiger partial charge is 0.358 e. The summed E-state index contributed by atoms with van der Waals surface area (Å²) in [5.74, 6) is -1.48. The van der Waals surface area contributed by atoms with Crippen LogP contribution in [0.1, 0.15) is 6.42 Å². The first-order chi connectivity index (χ1) is 10.9. The molecule has 0 aromatic heterocycles. The summed E-state index contributed by atoms with van der Waals surface area (Å²) in [6, 6.07) is 6.26. The summed E-state index contributed by atoms with van der Waals surface area (Å²) in [7, 11) is 3.13. The van der Waals surface area contributed by atoms with E-state index in [0.717, 1.165) is 16.7 Å². The van der Waals surface area contributed by atoms with E-state index in [0.29, 0.717) is 11.5 Å². The number of nitrogens with one attached hydrogen (secondary N) is 1. The number of carbonyl (C=O) groups is 1. The average Bonchev–Trinajstić information content (AvgIpc) is 2.52. The first-order valence-electron chi connectivity index (χ1n) is 6.94. The van der Waals surface area contributed by atoms with Crippen molar-refractivity contribution < 1.29 is 19.1 Å². The van der Waals surface area contributed by atoms with Gasteiger partial charge in [0.25, 0.3) is 0 Å². The van der Waals surface area contributed by atoms with Crippen LogP contribution >= 0.6 is 11.8 Å². The van der Waals surface area contributed by atoms with Crippen molar-refractivity contribution in [2.75, 3.05) is 14.1 Å². The second kappa shape index (κ2) is 5.88. The number of hydrogen-bond donors (Lipinski definition) is 2. The fourth-order valence-electron chi connectivity index (χ4n) is 2.32. The van der Waals surface area contributed by atoms with Crippen LogP contribution in [-0.4, -0.2) is 41.2 Å². The van der Waals surface area contributed by atoms with E-state index in [-0.39, 0.29) is 16.4 Å². The maximum Gasteiger partial charge on any atom is 0.358 e. The van der Waals surface area contributed by atoms with E-state index in [9.17, 15) is 10.0 Å². The van der Waals surface area contributed by atoms with Gasteiger partial charge in [-0.15, -0.1) is 0 Å². The molecule has 1 aromatic carbocycles. The summed E-state index contributed by atoms with van der Waals surface area (Å²) in [6.45, 7) is 0. The summed E-state index contributed by atoms with van der Waals surface area (Å²) in [5.41, 5.74) is 2.31. The number of amides is 2. The van der Waals surface area contributed by atoms with E-state index < -0.39 is 11.8 Å². The van der Waals surface area contributed by atoms with Crippen LogP contribution in [-0.2, 0) is 0 Å². The lowest BCUT2D eigenvalue weighted by Crippen LogP contribution is -2.54. The molecule has 1 aliphatic heterocycles. The number of thioether (sulfide) groups is 1. The van der Waals surface area contributed by atoms with Gasteiger partial charge in [-0.25, -0.2) is 14.2 Å². The lowest BCUT2D eigenvalue weighted by Gasteiger charge is -2.38. The number of carbonyl (C=O) groups excluding carboxylic acids is 1. The van der Waals surface area contributed by atoms with Gasteiger partial charge >= 0.3 is 6.03 Å². The van der Waals surface area contributed by atoms with Crippen LogP contribution in [0.5, 0.6) is 5.75 Å². The van der Waals surface area contributed by atoms with Crippen LogP contribution < -0.4 is 10.2 Å². The van der Waals surface area contributed by atoms with Crippen molar-refractivity contribution in [3.63, 3.8) is 0 Å². The van der Waals surface area contributed by atoms with Gasteiger partial charge in [-0.3, -0.25) is 10.6 Å². The minimum Gasteiger partial charge on any atom is -0.455 e. The van der Waals surface area contributed by atoms with Crippen LogP contribution in [0.25, 0.3) is 0 Å². The second-order valence-electron chi connectivity index (χ2n) is 5.33. The molecule has 0 bridgehead atoms. The number of rotatable bonds is 2. The topological polar surface area (TPSA) is 65.0 Å². The summed E-state index contributed by atoms with van der Waals surface area (Å²) in [4.78, 5) is 12.8. The van der Waals surface area contributed by atoms with Gasteiger partial charge in [-0.05, 0) is 18.2 Å². The van der Waals surface area contributed by atoms with E-state index in [1.807, 2.05) is 12.1 Å². The summed E-state index contributed by atoms with van der Waals surface area (Å²) in [5, 5.41) is 11.5. The molecule has 0 spiro atoms. The first kappa shape index (κ1) is 15.9. The third-order valence-corrected chi connectivity index (χ3v) is 4.63. The van der Waals surface area contributed by atoms with Gasteiger partial charge in [0.05, 0.1) is 9.80 Å². The standard InChI is InChI=1S/C15H16FN3O3S/c1-18(2)17-14(20)19(21)15(16)9-5-7-11-13(15)23-12-8-4-3-6-10(12)22-11/h3-8,21H,9H2,1-2H3,(H,17,20). The summed E-state index contributed by atoms with van der Waals surface area (Å²) >= 11 is 1.15. The Balaban J connectivity index is 1.93. The molecule has 1 aliphatic carbocycles. The molecule has 2 aliphatic rings. The first-order valence-corrected chi connectivity index (χ1v) is 7.75. The molecular weight excluding hydrogens is 321 g/mol. The molecule has 2 amide bonds. The van der Waals surface area contributed by atoms with Crippen LogP contribution in [0.3, 0.4) is 0 Å². The highest BCUT2D eigenvalue weighted by Gasteiger charge is 2.48. The number of ether oxygens (including phenoxy) is 1. The summed E-state index contributed by atoms with van der Waals surface area (Å²) < 4.78 is 21.2. The molecule has 23 heavy (non-hydrogen) atoms. The van der Waals surface area contributed by atoms with Gasteiger partial charge in [-0.2, -0.15) is 5.06 Å². The molecule has 3 rings (SSSR count). The number of hydrogen-bond acceptors (Lipinski definition) is 5. The third kappa shape index (κ3) is 2.80. The molecule has 1 atom stereocenters. The molecule has 0 saturated carbocycles. The van der Waals surface area contributed by atoms with Gasteiger partial charge in [0.1, 0.15) is 11.5 Å². The van der Waals surface area contributed by atoms with Crippen LogP contribution in [0, 0.1) is 0 Å². The van der Waals surface area contributed by atoms with Gasteiger partial charge in [0.2, 0.25) is 5.79 Å². The highest BCUT2D eigenvalue weighted by molar-refractivity contribution is 8.03. The SMILES string of the molecule is CN(C)NC(=O)N(O)C1(F)CC=CC2=C1Sc1ccccc1O2. The Morgan fingerprint density at radius 1 is 1.43 bits per heavy atom. The predicted octanol–water partition coefficient (Wildman–Crippen LogP) is 2.89. The van der Waals surface area contributed by atoms with E-state index in [1.54, 1.807) is 32.3 Å². The Morgan fingerprint density at radius 3 is 2.91 bits per heavy atom. The normalized spacial score (nSPS) is 22.3. The molecule has 0 fully saturated rings. The average molecular weight is 337 g/mol. The van der Waals surface area contributed by atoms with Crippen molar-refractivity contribution in [2.24, 2.45) is 0 Å². The number of halogens is 1. The molecule has 0 saturated heterocycles. The summed E-state index contributed by atoms with van der Waals surface area (Å²) in [6.07, 6.45) is 3.01. The predicted molar refractivity (Wildman–Crippen MR) is 83.4 cm³/mol. The maximum absolute atomic E-state index is 15.5. The van der Waals surface area contributed by atoms with Crippen molar-refractivity contribution >= 4 is 17.8 Å².